The molecule has 70 heavy (non-hydrogen) atoms. The highest BCUT2D eigenvalue weighted by atomic mass is 16.5. The number of carbonyl (C=O) groups excluding carboxylic acids is 3. The van der Waals surface area contributed by atoms with Crippen molar-refractivity contribution >= 4 is 17.9 Å². The molecule has 3 atom stereocenters. The number of unbranched alkanes of at least 4 members (excludes halogenated alkanes) is 33. The zero-order valence-corrected chi connectivity index (χ0v) is 47.6. The number of hydrogen-bond donors (Lipinski definition) is 0. The average Bonchev–Trinajstić information content (AvgIpc) is 3.36. The minimum absolute atomic E-state index is 0.0267. The molecule has 0 radical (unpaired) electrons. The van der Waals surface area contributed by atoms with E-state index in [1.54, 1.807) is 0 Å². The Morgan fingerprint density at radius 1 is 0.314 bits per heavy atom. The van der Waals surface area contributed by atoms with Crippen molar-refractivity contribution in [3.05, 3.63) is 24.3 Å². The lowest BCUT2D eigenvalue weighted by molar-refractivity contribution is -0.146. The molecule has 0 aliphatic carbocycles. The van der Waals surface area contributed by atoms with Gasteiger partial charge in [0.2, 0.25) is 0 Å². The van der Waals surface area contributed by atoms with Gasteiger partial charge in [0.05, 0.1) is 19.8 Å². The fraction of sp³-hybridized carbons (Fsp3) is 0.891. The second kappa shape index (κ2) is 56.2. The Morgan fingerprint density at radius 3 is 0.929 bits per heavy atom. The predicted octanol–water partition coefficient (Wildman–Crippen LogP) is 20.6. The van der Waals surface area contributed by atoms with Gasteiger partial charge in [-0.25, -0.2) is 0 Å². The van der Waals surface area contributed by atoms with Gasteiger partial charge >= 0.3 is 17.9 Å². The summed E-state index contributed by atoms with van der Waals surface area (Å²) in [7, 11) is 0. The zero-order chi connectivity index (χ0) is 51.1. The minimum atomic E-state index is -0.0582. The number of ether oxygens (including phenoxy) is 3. The van der Waals surface area contributed by atoms with E-state index in [4.69, 9.17) is 14.2 Å². The van der Waals surface area contributed by atoms with Crippen LogP contribution in [0.25, 0.3) is 0 Å². The van der Waals surface area contributed by atoms with Gasteiger partial charge in [-0.05, 0) is 70.1 Å². The van der Waals surface area contributed by atoms with Crippen molar-refractivity contribution in [2.24, 2.45) is 17.8 Å². The fourth-order valence-electron chi connectivity index (χ4n) is 9.56. The first-order valence-electron chi connectivity index (χ1n) is 31.2. The molecule has 0 spiro atoms. The Hall–Kier alpha value is -2.11. The van der Waals surface area contributed by atoms with Crippen LogP contribution in [0.1, 0.15) is 330 Å². The summed E-state index contributed by atoms with van der Waals surface area (Å²) in [4.78, 5) is 37.8. The summed E-state index contributed by atoms with van der Waals surface area (Å²) in [6.07, 6.45) is 63.2. The van der Waals surface area contributed by atoms with Crippen LogP contribution in [-0.2, 0) is 28.6 Å². The molecule has 6 heteroatoms. The van der Waals surface area contributed by atoms with Crippen molar-refractivity contribution in [3.8, 4) is 0 Å². The Labute approximate surface area is 436 Å². The van der Waals surface area contributed by atoms with E-state index in [9.17, 15) is 14.4 Å². The summed E-state index contributed by atoms with van der Waals surface area (Å²) in [6, 6.07) is 0. The van der Waals surface area contributed by atoms with Crippen LogP contribution < -0.4 is 0 Å². The molecule has 3 unspecified atom stereocenters. The normalized spacial score (nSPS) is 13.0. The molecule has 0 aliphatic rings. The van der Waals surface area contributed by atoms with Gasteiger partial charge in [0.25, 0.3) is 0 Å². The van der Waals surface area contributed by atoms with Gasteiger partial charge in [0.1, 0.15) is 0 Å². The molecule has 6 nitrogen and oxygen atoms in total. The van der Waals surface area contributed by atoms with Crippen LogP contribution in [0.3, 0.4) is 0 Å². The maximum absolute atomic E-state index is 12.8. The Balaban J connectivity index is 4.50. The summed E-state index contributed by atoms with van der Waals surface area (Å²) < 4.78 is 17.3. The predicted molar refractivity (Wildman–Crippen MR) is 302 cm³/mol. The molecule has 0 saturated heterocycles. The molecule has 0 saturated carbocycles. The molecule has 0 rings (SSSR count). The van der Waals surface area contributed by atoms with E-state index in [0.717, 1.165) is 109 Å². The van der Waals surface area contributed by atoms with Crippen LogP contribution in [0.2, 0.25) is 0 Å². The van der Waals surface area contributed by atoms with Gasteiger partial charge in [-0.15, -0.1) is 0 Å². The largest absolute Gasteiger partial charge is 0.465 e. The molecule has 0 aliphatic heterocycles. The molecule has 0 heterocycles. The van der Waals surface area contributed by atoms with Gasteiger partial charge in [0.15, 0.2) is 0 Å². The number of esters is 3. The molecule has 0 fully saturated rings. The number of allylic oxidation sites excluding steroid dienone is 2. The van der Waals surface area contributed by atoms with Gasteiger partial charge < -0.3 is 14.2 Å². The van der Waals surface area contributed by atoms with Crippen LogP contribution in [0.15, 0.2) is 24.3 Å². The van der Waals surface area contributed by atoms with Gasteiger partial charge in [-0.3, -0.25) is 14.4 Å². The molecule has 0 aromatic heterocycles. The van der Waals surface area contributed by atoms with Crippen molar-refractivity contribution in [3.63, 3.8) is 0 Å². The van der Waals surface area contributed by atoms with E-state index >= 15 is 0 Å². The van der Waals surface area contributed by atoms with Crippen LogP contribution >= 0.6 is 0 Å². The van der Waals surface area contributed by atoms with Crippen molar-refractivity contribution in [2.45, 2.75) is 330 Å². The van der Waals surface area contributed by atoms with E-state index in [1.165, 1.54) is 167 Å². The van der Waals surface area contributed by atoms with Gasteiger partial charge in [0, 0.05) is 31.1 Å². The molecule has 0 aromatic carbocycles. The second-order valence-corrected chi connectivity index (χ2v) is 21.6. The van der Waals surface area contributed by atoms with E-state index in [-0.39, 0.29) is 29.7 Å². The third kappa shape index (κ3) is 50.8. The topological polar surface area (TPSA) is 78.9 Å². The Morgan fingerprint density at radius 2 is 0.600 bits per heavy atom. The number of carbonyl (C=O) groups is 3. The smallest absolute Gasteiger partial charge is 0.305 e. The lowest BCUT2D eigenvalue weighted by Gasteiger charge is -2.14. The van der Waals surface area contributed by atoms with Gasteiger partial charge in [-0.2, -0.15) is 0 Å². The van der Waals surface area contributed by atoms with Crippen molar-refractivity contribution < 1.29 is 28.6 Å². The van der Waals surface area contributed by atoms with E-state index in [2.05, 4.69) is 58.9 Å². The Kier molecular flexibility index (Phi) is 54.5. The quantitative estimate of drug-likeness (QED) is 0.0261. The monoisotopic (exact) mass is 985 g/mol. The highest BCUT2D eigenvalue weighted by Gasteiger charge is 2.13. The summed E-state index contributed by atoms with van der Waals surface area (Å²) in [6.45, 7) is 12.8. The summed E-state index contributed by atoms with van der Waals surface area (Å²) >= 11 is 0. The van der Waals surface area contributed by atoms with Crippen molar-refractivity contribution in [2.75, 3.05) is 19.8 Å². The molecule has 0 N–H and O–H groups in total. The third-order valence-corrected chi connectivity index (χ3v) is 14.6. The minimum Gasteiger partial charge on any atom is -0.465 e. The molecule has 0 bridgehead atoms. The molecule has 412 valence electrons. The highest BCUT2D eigenvalue weighted by molar-refractivity contribution is 5.70. The number of rotatable bonds is 56. The van der Waals surface area contributed by atoms with E-state index in [1.807, 2.05) is 0 Å². The van der Waals surface area contributed by atoms with Crippen LogP contribution in [0, 0.1) is 17.8 Å². The maximum Gasteiger partial charge on any atom is 0.305 e. The standard InChI is InChI=1S/C64H120O6/c1-6-11-15-18-21-22-23-24-25-26-27-28-30-38-45-54-63(66)69-58-61(50-42-35-29-19-16-12-7-2)52-44-37-33-40-47-55-64(67)70-57-60(49-41-34-20-17-13-8-3)51-43-36-31-32-39-46-53-62(65)68-56-59(10-5)48-14-9-4/h42-43,50-51,59-61H,6-41,44-49,52-58H2,1-5H3/b50-42+,51-43+. The first-order valence-corrected chi connectivity index (χ1v) is 31.2. The van der Waals surface area contributed by atoms with Gasteiger partial charge in [-0.1, -0.05) is 271 Å². The Bertz CT molecular complexity index is 1160. The number of hydrogen-bond acceptors (Lipinski definition) is 6. The molecular weight excluding hydrogens is 865 g/mol. The fourth-order valence-corrected chi connectivity index (χ4v) is 9.56. The van der Waals surface area contributed by atoms with E-state index < -0.39 is 0 Å². The first kappa shape index (κ1) is 67.9. The zero-order valence-electron chi connectivity index (χ0n) is 47.6. The first-order chi connectivity index (χ1) is 34.4. The van der Waals surface area contributed by atoms with Crippen molar-refractivity contribution in [1.29, 1.82) is 0 Å². The summed E-state index contributed by atoms with van der Waals surface area (Å²) in [5.41, 5.74) is 0. The second-order valence-electron chi connectivity index (χ2n) is 21.6. The maximum atomic E-state index is 12.8. The van der Waals surface area contributed by atoms with Crippen LogP contribution in [-0.4, -0.2) is 37.7 Å². The van der Waals surface area contributed by atoms with E-state index in [0.29, 0.717) is 45.0 Å². The lowest BCUT2D eigenvalue weighted by Crippen LogP contribution is -2.13. The SMILES string of the molecule is CCCCCCC/C=C/C(CCCCCCCC(=O)OCC(/C=C/CCCCCCC(=O)OCC(CC)CCCC)CCCCCCCC)COC(=O)CCCCCCCCCCCCCCCCC. The highest BCUT2D eigenvalue weighted by Crippen LogP contribution is 2.20. The molecular formula is C64H120O6. The lowest BCUT2D eigenvalue weighted by atomic mass is 9.99. The van der Waals surface area contributed by atoms with Crippen LogP contribution in [0.4, 0.5) is 0 Å². The summed E-state index contributed by atoms with van der Waals surface area (Å²) in [5, 5.41) is 0. The average molecular weight is 986 g/mol. The summed E-state index contributed by atoms with van der Waals surface area (Å²) in [5.74, 6) is 0.949. The van der Waals surface area contributed by atoms with Crippen molar-refractivity contribution in [1.82, 2.24) is 0 Å². The molecule has 0 amide bonds. The molecule has 0 aromatic rings. The van der Waals surface area contributed by atoms with Crippen LogP contribution in [0.5, 0.6) is 0 Å². The third-order valence-electron chi connectivity index (χ3n) is 14.6.